The van der Waals surface area contributed by atoms with Crippen LogP contribution in [0.3, 0.4) is 0 Å². The van der Waals surface area contributed by atoms with Crippen LogP contribution in [0, 0.1) is 0 Å². The molecule has 0 radical (unpaired) electrons. The highest BCUT2D eigenvalue weighted by Gasteiger charge is 2.07. The van der Waals surface area contributed by atoms with Crippen LogP contribution in [-0.2, 0) is 18.8 Å². The number of thiophene rings is 1. The zero-order valence-electron chi connectivity index (χ0n) is 11.4. The minimum atomic E-state index is 0.540. The van der Waals surface area contributed by atoms with E-state index in [9.17, 15) is 0 Å². The molecule has 0 unspecified atom stereocenters. The highest BCUT2D eigenvalue weighted by molar-refractivity contribution is 7.07. The lowest BCUT2D eigenvalue weighted by molar-refractivity contribution is 0.847. The van der Waals surface area contributed by atoms with Crippen LogP contribution in [0.1, 0.15) is 30.2 Å². The molecule has 102 valence electrons. The van der Waals surface area contributed by atoms with Crippen LogP contribution >= 0.6 is 22.9 Å². The Kier molecular flexibility index (Phi) is 5.23. The van der Waals surface area contributed by atoms with E-state index in [0.717, 1.165) is 36.5 Å². The van der Waals surface area contributed by atoms with Crippen molar-refractivity contribution < 1.29 is 0 Å². The first-order valence-electron chi connectivity index (χ1n) is 6.51. The summed E-state index contributed by atoms with van der Waals surface area (Å²) in [6.07, 6.45) is 2.11. The topological polar surface area (TPSA) is 16.1 Å². The van der Waals surface area contributed by atoms with Crippen molar-refractivity contribution in [3.8, 4) is 0 Å². The first-order valence-corrected chi connectivity index (χ1v) is 7.98. The Bertz CT molecular complexity index is 511. The Morgan fingerprint density at radius 2 is 2.16 bits per heavy atom. The Hall–Kier alpha value is -1.06. The number of halogens is 1. The summed E-state index contributed by atoms with van der Waals surface area (Å²) in [7, 11) is 2.08. The maximum absolute atomic E-state index is 5.97. The number of aromatic nitrogens is 1. The molecule has 0 aromatic carbocycles. The molecule has 4 heteroatoms. The van der Waals surface area contributed by atoms with Gasteiger partial charge in [0.15, 0.2) is 0 Å². The van der Waals surface area contributed by atoms with Gasteiger partial charge in [-0.3, -0.25) is 0 Å². The molecule has 2 rings (SSSR count). The number of aryl methyl sites for hydroxylation is 1. The first-order chi connectivity index (χ1) is 9.22. The van der Waals surface area contributed by atoms with Gasteiger partial charge in [0.25, 0.3) is 0 Å². The van der Waals surface area contributed by atoms with Gasteiger partial charge >= 0.3 is 0 Å². The predicted octanol–water partition coefficient (Wildman–Crippen LogP) is 4.47. The van der Waals surface area contributed by atoms with Gasteiger partial charge in [-0.05, 0) is 46.5 Å². The van der Waals surface area contributed by atoms with Gasteiger partial charge in [0.1, 0.15) is 5.82 Å². The van der Waals surface area contributed by atoms with Gasteiger partial charge in [-0.25, -0.2) is 4.98 Å². The molecule has 0 saturated carbocycles. The summed E-state index contributed by atoms with van der Waals surface area (Å²) in [6.45, 7) is 3.05. The van der Waals surface area contributed by atoms with E-state index >= 15 is 0 Å². The summed E-state index contributed by atoms with van der Waals surface area (Å²) >= 11 is 7.70. The van der Waals surface area contributed by atoms with Gasteiger partial charge in [0.2, 0.25) is 0 Å². The molecule has 0 aliphatic carbocycles. The number of anilines is 1. The van der Waals surface area contributed by atoms with Crippen molar-refractivity contribution in [1.29, 1.82) is 0 Å². The monoisotopic (exact) mass is 294 g/mol. The maximum atomic E-state index is 5.97. The predicted molar refractivity (Wildman–Crippen MR) is 84.2 cm³/mol. The van der Waals surface area contributed by atoms with Crippen molar-refractivity contribution in [2.45, 2.75) is 32.2 Å². The van der Waals surface area contributed by atoms with E-state index in [-0.39, 0.29) is 0 Å². The fourth-order valence-corrected chi connectivity index (χ4v) is 2.84. The van der Waals surface area contributed by atoms with Gasteiger partial charge in [-0.1, -0.05) is 13.3 Å². The zero-order valence-corrected chi connectivity index (χ0v) is 13.0. The molecule has 0 atom stereocenters. The lowest BCUT2D eigenvalue weighted by Crippen LogP contribution is -2.18. The molecular formula is C15H19ClN2S. The standard InChI is InChI=1S/C15H19ClN2S/c1-3-4-14-7-13(9-16)8-15(17-14)18(2)10-12-5-6-19-11-12/h5-8,11H,3-4,9-10H2,1-2H3. The molecule has 2 nitrogen and oxygen atoms in total. The zero-order chi connectivity index (χ0) is 13.7. The molecule has 19 heavy (non-hydrogen) atoms. The largest absolute Gasteiger partial charge is 0.355 e. The van der Waals surface area contributed by atoms with Gasteiger partial charge in [0.05, 0.1) is 0 Å². The number of hydrogen-bond acceptors (Lipinski definition) is 3. The molecule has 2 aromatic heterocycles. The second-order valence-electron chi connectivity index (χ2n) is 4.70. The third-order valence-electron chi connectivity index (χ3n) is 2.98. The fourth-order valence-electron chi connectivity index (χ4n) is 2.03. The Morgan fingerprint density at radius 1 is 1.32 bits per heavy atom. The second kappa shape index (κ2) is 6.92. The van der Waals surface area contributed by atoms with Crippen molar-refractivity contribution in [2.24, 2.45) is 0 Å². The van der Waals surface area contributed by atoms with E-state index in [2.05, 4.69) is 47.8 Å². The summed E-state index contributed by atoms with van der Waals surface area (Å²) in [4.78, 5) is 6.90. The average molecular weight is 295 g/mol. The maximum Gasteiger partial charge on any atom is 0.129 e. The molecular weight excluding hydrogens is 276 g/mol. The summed E-state index contributed by atoms with van der Waals surface area (Å²) in [6, 6.07) is 6.34. The van der Waals surface area contributed by atoms with Crippen LogP contribution in [0.4, 0.5) is 5.82 Å². The number of rotatable bonds is 6. The second-order valence-corrected chi connectivity index (χ2v) is 5.74. The van der Waals surface area contributed by atoms with Crippen LogP contribution in [0.2, 0.25) is 0 Å². The molecule has 0 fully saturated rings. The molecule has 0 N–H and O–H groups in total. The van der Waals surface area contributed by atoms with E-state index in [0.29, 0.717) is 5.88 Å². The van der Waals surface area contributed by atoms with Crippen molar-refractivity contribution >= 4 is 28.8 Å². The van der Waals surface area contributed by atoms with E-state index in [1.54, 1.807) is 11.3 Å². The quantitative estimate of drug-likeness (QED) is 0.731. The van der Waals surface area contributed by atoms with E-state index in [4.69, 9.17) is 16.6 Å². The van der Waals surface area contributed by atoms with Crippen LogP contribution in [0.25, 0.3) is 0 Å². The normalized spacial score (nSPS) is 10.7. The van der Waals surface area contributed by atoms with Crippen LogP contribution in [0.15, 0.2) is 29.0 Å². The molecule has 0 amide bonds. The lowest BCUT2D eigenvalue weighted by atomic mass is 10.1. The molecule has 2 aromatic rings. The first kappa shape index (κ1) is 14.4. The van der Waals surface area contributed by atoms with Crippen molar-refractivity contribution in [3.05, 3.63) is 45.8 Å². The molecule has 0 aliphatic heterocycles. The van der Waals surface area contributed by atoms with Gasteiger partial charge in [-0.2, -0.15) is 11.3 Å². The van der Waals surface area contributed by atoms with E-state index in [1.807, 2.05) is 0 Å². The number of nitrogens with zero attached hydrogens (tertiary/aromatic N) is 2. The summed E-state index contributed by atoms with van der Waals surface area (Å²) in [5, 5.41) is 4.28. The van der Waals surface area contributed by atoms with E-state index in [1.165, 1.54) is 5.56 Å². The Labute approximate surface area is 124 Å². The van der Waals surface area contributed by atoms with Crippen molar-refractivity contribution in [3.63, 3.8) is 0 Å². The Balaban J connectivity index is 2.19. The SMILES string of the molecule is CCCc1cc(CCl)cc(N(C)Cc2ccsc2)n1. The average Bonchev–Trinajstić information content (AvgIpc) is 2.91. The van der Waals surface area contributed by atoms with Gasteiger partial charge in [-0.15, -0.1) is 11.6 Å². The van der Waals surface area contributed by atoms with Crippen LogP contribution < -0.4 is 4.90 Å². The lowest BCUT2D eigenvalue weighted by Gasteiger charge is -2.19. The summed E-state index contributed by atoms with van der Waals surface area (Å²) in [5.74, 6) is 1.55. The van der Waals surface area contributed by atoms with Crippen LogP contribution in [-0.4, -0.2) is 12.0 Å². The van der Waals surface area contributed by atoms with Crippen molar-refractivity contribution in [2.75, 3.05) is 11.9 Å². The smallest absolute Gasteiger partial charge is 0.129 e. The minimum absolute atomic E-state index is 0.540. The van der Waals surface area contributed by atoms with Gasteiger partial charge < -0.3 is 4.90 Å². The van der Waals surface area contributed by atoms with E-state index < -0.39 is 0 Å². The minimum Gasteiger partial charge on any atom is -0.355 e. The summed E-state index contributed by atoms with van der Waals surface area (Å²) in [5.41, 5.74) is 3.60. The highest BCUT2D eigenvalue weighted by atomic mass is 35.5. The number of alkyl halides is 1. The Morgan fingerprint density at radius 3 is 2.79 bits per heavy atom. The number of pyridine rings is 1. The molecule has 2 heterocycles. The number of hydrogen-bond donors (Lipinski definition) is 0. The van der Waals surface area contributed by atoms with Gasteiger partial charge in [0, 0.05) is 25.2 Å². The van der Waals surface area contributed by atoms with Crippen molar-refractivity contribution in [1.82, 2.24) is 4.98 Å². The molecule has 0 aliphatic rings. The molecule has 0 spiro atoms. The fraction of sp³-hybridized carbons (Fsp3) is 0.400. The third-order valence-corrected chi connectivity index (χ3v) is 4.02. The highest BCUT2D eigenvalue weighted by Crippen LogP contribution is 2.19. The molecule has 0 saturated heterocycles. The van der Waals surface area contributed by atoms with Crippen LogP contribution in [0.5, 0.6) is 0 Å². The molecule has 0 bridgehead atoms. The summed E-state index contributed by atoms with van der Waals surface area (Å²) < 4.78 is 0. The third kappa shape index (κ3) is 3.95.